The number of carbonyl (C=O) groups is 1. The van der Waals surface area contributed by atoms with Crippen LogP contribution in [0, 0.1) is 5.82 Å². The molecule has 0 unspecified atom stereocenters. The maximum Gasteiger partial charge on any atom is 0.169 e. The SMILES string of the molecule is C=C1N=C(SCc2ccc(F)cc2)N(CC=O)C2=C1CCCC2. The minimum Gasteiger partial charge on any atom is -0.317 e. The van der Waals surface area contributed by atoms with Gasteiger partial charge in [0.05, 0.1) is 12.2 Å². The third kappa shape index (κ3) is 3.55. The molecule has 0 fully saturated rings. The van der Waals surface area contributed by atoms with Crippen LogP contribution in [0.4, 0.5) is 4.39 Å². The molecule has 0 spiro atoms. The number of aldehydes is 1. The Kier molecular flexibility index (Phi) is 4.96. The van der Waals surface area contributed by atoms with Crippen LogP contribution in [0.3, 0.4) is 0 Å². The molecule has 3 nitrogen and oxygen atoms in total. The minimum absolute atomic E-state index is 0.235. The molecule has 0 saturated heterocycles. The molecule has 0 bridgehead atoms. The van der Waals surface area contributed by atoms with Crippen LogP contribution in [0.15, 0.2) is 52.8 Å². The average Bonchev–Trinajstić information content (AvgIpc) is 2.57. The van der Waals surface area contributed by atoms with Crippen molar-refractivity contribution in [2.24, 2.45) is 4.99 Å². The Labute approximate surface area is 140 Å². The van der Waals surface area contributed by atoms with Crippen LogP contribution in [-0.2, 0) is 10.5 Å². The van der Waals surface area contributed by atoms with E-state index in [1.807, 2.05) is 4.90 Å². The van der Waals surface area contributed by atoms with Gasteiger partial charge in [-0.15, -0.1) is 0 Å². The fraction of sp³-hybridized carbons (Fsp3) is 0.333. The molecule has 5 heteroatoms. The first-order chi connectivity index (χ1) is 11.2. The predicted molar refractivity (Wildman–Crippen MR) is 92.5 cm³/mol. The molecule has 0 aromatic heterocycles. The van der Waals surface area contributed by atoms with E-state index < -0.39 is 0 Å². The number of thioether (sulfide) groups is 1. The van der Waals surface area contributed by atoms with Gasteiger partial charge >= 0.3 is 0 Å². The zero-order chi connectivity index (χ0) is 16.2. The van der Waals surface area contributed by atoms with E-state index >= 15 is 0 Å². The molecule has 120 valence electrons. The topological polar surface area (TPSA) is 32.7 Å². The molecule has 0 amide bonds. The van der Waals surface area contributed by atoms with Gasteiger partial charge < -0.3 is 9.69 Å². The molecule has 0 saturated carbocycles. The number of hydrogen-bond acceptors (Lipinski definition) is 4. The van der Waals surface area contributed by atoms with Gasteiger partial charge in [0, 0.05) is 11.4 Å². The van der Waals surface area contributed by atoms with Gasteiger partial charge in [0.2, 0.25) is 0 Å². The monoisotopic (exact) mass is 330 g/mol. The molecule has 1 aliphatic heterocycles. The zero-order valence-corrected chi connectivity index (χ0v) is 13.7. The summed E-state index contributed by atoms with van der Waals surface area (Å²) in [6.07, 6.45) is 5.17. The van der Waals surface area contributed by atoms with Crippen molar-refractivity contribution < 1.29 is 9.18 Å². The standard InChI is InChI=1S/C18H19FN2OS/c1-13-16-4-2-3-5-17(16)21(10-11-22)18(20-13)23-12-14-6-8-15(19)9-7-14/h6-9,11H,1-5,10,12H2. The van der Waals surface area contributed by atoms with E-state index in [2.05, 4.69) is 11.6 Å². The predicted octanol–water partition coefficient (Wildman–Crippen LogP) is 4.27. The summed E-state index contributed by atoms with van der Waals surface area (Å²) >= 11 is 1.56. The molecular weight excluding hydrogens is 311 g/mol. The summed E-state index contributed by atoms with van der Waals surface area (Å²) in [5.74, 6) is 0.450. The number of carbonyl (C=O) groups excluding carboxylic acids is 1. The smallest absolute Gasteiger partial charge is 0.169 e. The van der Waals surface area contributed by atoms with E-state index in [1.165, 1.54) is 23.4 Å². The van der Waals surface area contributed by atoms with E-state index in [0.29, 0.717) is 12.3 Å². The average molecular weight is 330 g/mol. The summed E-state index contributed by atoms with van der Waals surface area (Å²) in [6.45, 7) is 4.41. The number of benzene rings is 1. The van der Waals surface area contributed by atoms with Crippen LogP contribution in [0.1, 0.15) is 31.2 Å². The molecule has 1 aliphatic carbocycles. The van der Waals surface area contributed by atoms with Gasteiger partial charge in [-0.3, -0.25) is 0 Å². The Hall–Kier alpha value is -1.88. The summed E-state index contributed by atoms with van der Waals surface area (Å²) in [5, 5.41) is 0.812. The Morgan fingerprint density at radius 2 is 2.00 bits per heavy atom. The summed E-state index contributed by atoms with van der Waals surface area (Å²) in [7, 11) is 0. The van der Waals surface area contributed by atoms with Crippen molar-refractivity contribution in [2.75, 3.05) is 6.54 Å². The number of hydrogen-bond donors (Lipinski definition) is 0. The zero-order valence-electron chi connectivity index (χ0n) is 12.9. The lowest BCUT2D eigenvalue weighted by molar-refractivity contribution is -0.107. The van der Waals surface area contributed by atoms with E-state index in [-0.39, 0.29) is 5.82 Å². The number of nitrogens with zero attached hydrogens (tertiary/aromatic N) is 2. The largest absolute Gasteiger partial charge is 0.317 e. The Morgan fingerprint density at radius 3 is 2.74 bits per heavy atom. The maximum absolute atomic E-state index is 13.0. The Morgan fingerprint density at radius 1 is 1.26 bits per heavy atom. The van der Waals surface area contributed by atoms with Crippen LogP contribution in [-0.4, -0.2) is 22.9 Å². The highest BCUT2D eigenvalue weighted by Gasteiger charge is 2.27. The molecule has 3 rings (SSSR count). The molecule has 1 heterocycles. The molecule has 1 aromatic rings. The molecule has 0 atom stereocenters. The normalized spacial score (nSPS) is 17.9. The Balaban J connectivity index is 1.78. The second kappa shape index (κ2) is 7.13. The quantitative estimate of drug-likeness (QED) is 0.773. The van der Waals surface area contributed by atoms with Crippen molar-refractivity contribution in [1.29, 1.82) is 0 Å². The summed E-state index contributed by atoms with van der Waals surface area (Å²) in [5.41, 5.74) is 4.25. The number of allylic oxidation sites excluding steroid dienone is 2. The Bertz CT molecular complexity index is 679. The molecule has 2 aliphatic rings. The van der Waals surface area contributed by atoms with Crippen LogP contribution < -0.4 is 0 Å². The number of aliphatic imine (C=N–C) groups is 1. The molecule has 23 heavy (non-hydrogen) atoms. The number of amidine groups is 1. The third-order valence-electron chi connectivity index (χ3n) is 4.11. The van der Waals surface area contributed by atoms with E-state index in [4.69, 9.17) is 0 Å². The van der Waals surface area contributed by atoms with Crippen molar-refractivity contribution in [1.82, 2.24) is 4.90 Å². The summed E-state index contributed by atoms with van der Waals surface area (Å²) in [4.78, 5) is 17.7. The number of halogens is 1. The molecule has 0 radical (unpaired) electrons. The summed E-state index contributed by atoms with van der Waals surface area (Å²) < 4.78 is 13.0. The summed E-state index contributed by atoms with van der Waals surface area (Å²) in [6, 6.07) is 6.47. The molecular formula is C18H19FN2OS. The fourth-order valence-electron chi connectivity index (χ4n) is 2.96. The van der Waals surface area contributed by atoms with Crippen molar-refractivity contribution in [3.05, 3.63) is 59.2 Å². The highest BCUT2D eigenvalue weighted by Crippen LogP contribution is 2.37. The lowest BCUT2D eigenvalue weighted by atomic mass is 9.93. The first-order valence-corrected chi connectivity index (χ1v) is 8.76. The second-order valence-electron chi connectivity index (χ2n) is 5.67. The van der Waals surface area contributed by atoms with Gasteiger partial charge in [-0.1, -0.05) is 30.5 Å². The first-order valence-electron chi connectivity index (χ1n) is 7.77. The second-order valence-corrected chi connectivity index (χ2v) is 6.61. The van der Waals surface area contributed by atoms with E-state index in [1.54, 1.807) is 23.9 Å². The lowest BCUT2D eigenvalue weighted by Crippen LogP contribution is -2.35. The van der Waals surface area contributed by atoms with Gasteiger partial charge in [0.1, 0.15) is 12.1 Å². The van der Waals surface area contributed by atoms with Crippen molar-refractivity contribution in [3.8, 4) is 0 Å². The van der Waals surface area contributed by atoms with Gasteiger partial charge in [-0.2, -0.15) is 0 Å². The van der Waals surface area contributed by atoms with Crippen LogP contribution in [0.2, 0.25) is 0 Å². The van der Waals surface area contributed by atoms with Crippen molar-refractivity contribution in [3.63, 3.8) is 0 Å². The van der Waals surface area contributed by atoms with E-state index in [0.717, 1.165) is 48.4 Å². The lowest BCUT2D eigenvalue weighted by Gasteiger charge is -2.35. The van der Waals surface area contributed by atoms with Gasteiger partial charge in [-0.25, -0.2) is 9.38 Å². The van der Waals surface area contributed by atoms with Gasteiger partial charge in [0.15, 0.2) is 5.17 Å². The van der Waals surface area contributed by atoms with Crippen LogP contribution in [0.5, 0.6) is 0 Å². The highest BCUT2D eigenvalue weighted by atomic mass is 32.2. The molecule has 0 N–H and O–H groups in total. The minimum atomic E-state index is -0.235. The highest BCUT2D eigenvalue weighted by molar-refractivity contribution is 8.13. The van der Waals surface area contributed by atoms with Crippen molar-refractivity contribution in [2.45, 2.75) is 31.4 Å². The van der Waals surface area contributed by atoms with Gasteiger partial charge in [0.25, 0.3) is 0 Å². The third-order valence-corrected chi connectivity index (χ3v) is 5.16. The van der Waals surface area contributed by atoms with Crippen molar-refractivity contribution >= 4 is 23.2 Å². The van der Waals surface area contributed by atoms with Crippen LogP contribution >= 0.6 is 11.8 Å². The van der Waals surface area contributed by atoms with Gasteiger partial charge in [-0.05, 0) is 49.0 Å². The molecule has 1 aromatic carbocycles. The van der Waals surface area contributed by atoms with Crippen LogP contribution in [0.25, 0.3) is 0 Å². The fourth-order valence-corrected chi connectivity index (χ4v) is 3.96. The maximum atomic E-state index is 13.0. The van der Waals surface area contributed by atoms with E-state index in [9.17, 15) is 9.18 Å². The first kappa shape index (κ1) is 16.0. The number of rotatable bonds is 4.